The van der Waals surface area contributed by atoms with Crippen LogP contribution in [-0.2, 0) is 34.2 Å². The maximum Gasteiger partial charge on any atom is 0.243 e. The number of rotatable bonds is 7. The maximum atomic E-state index is 13.5. The van der Waals surface area contributed by atoms with Crippen LogP contribution in [0.4, 0.5) is 4.39 Å². The van der Waals surface area contributed by atoms with E-state index in [9.17, 15) is 17.6 Å². The van der Waals surface area contributed by atoms with Gasteiger partial charge in [0.25, 0.3) is 0 Å². The summed E-state index contributed by atoms with van der Waals surface area (Å²) >= 11 is 5.95. The molecular formula is C29H34ClFN6O3S. The monoisotopic (exact) mass is 600 g/mol. The van der Waals surface area contributed by atoms with Gasteiger partial charge in [0, 0.05) is 50.4 Å². The van der Waals surface area contributed by atoms with Crippen molar-refractivity contribution in [3.05, 3.63) is 76.1 Å². The molecule has 2 aromatic carbocycles. The second-order valence-electron chi connectivity index (χ2n) is 11.2. The predicted octanol–water partition coefficient (Wildman–Crippen LogP) is 3.52. The number of aryl methyl sites for hydroxylation is 1. The number of amides is 1. The molecule has 0 spiro atoms. The van der Waals surface area contributed by atoms with E-state index in [2.05, 4.69) is 38.7 Å². The van der Waals surface area contributed by atoms with Crippen molar-refractivity contribution in [1.29, 1.82) is 0 Å². The molecule has 2 aliphatic heterocycles. The lowest BCUT2D eigenvalue weighted by molar-refractivity contribution is -0.126. The summed E-state index contributed by atoms with van der Waals surface area (Å²) < 4.78 is 43.5. The Labute approximate surface area is 244 Å². The number of piperidine rings is 1. The summed E-state index contributed by atoms with van der Waals surface area (Å²) in [6.07, 6.45) is 5.42. The molecule has 2 saturated heterocycles. The van der Waals surface area contributed by atoms with Gasteiger partial charge in [0.05, 0.1) is 16.6 Å². The highest BCUT2D eigenvalue weighted by molar-refractivity contribution is 7.89. The molecule has 1 aromatic heterocycles. The summed E-state index contributed by atoms with van der Waals surface area (Å²) in [5.41, 5.74) is 4.30. The largest absolute Gasteiger partial charge is 0.353 e. The van der Waals surface area contributed by atoms with E-state index in [4.69, 9.17) is 11.6 Å². The van der Waals surface area contributed by atoms with Crippen LogP contribution in [0.2, 0.25) is 5.02 Å². The van der Waals surface area contributed by atoms with E-state index in [0.29, 0.717) is 23.6 Å². The van der Waals surface area contributed by atoms with E-state index in [1.54, 1.807) is 0 Å². The van der Waals surface area contributed by atoms with Crippen LogP contribution < -0.4 is 5.32 Å². The van der Waals surface area contributed by atoms with E-state index in [1.807, 2.05) is 10.9 Å². The van der Waals surface area contributed by atoms with Gasteiger partial charge in [-0.3, -0.25) is 9.69 Å². The number of carbonyl (C=O) groups is 1. The third-order valence-corrected chi connectivity index (χ3v) is 10.6. The lowest BCUT2D eigenvalue weighted by Gasteiger charge is -2.33. The molecule has 0 radical (unpaired) electrons. The molecular weight excluding hydrogens is 567 g/mol. The molecule has 2 fully saturated rings. The van der Waals surface area contributed by atoms with Crippen LogP contribution in [0.25, 0.3) is 0 Å². The van der Waals surface area contributed by atoms with Gasteiger partial charge in [-0.25, -0.2) is 17.5 Å². The molecule has 3 aliphatic rings. The predicted molar refractivity (Wildman–Crippen MR) is 153 cm³/mol. The Kier molecular flexibility index (Phi) is 8.13. The number of sulfonamides is 1. The van der Waals surface area contributed by atoms with Crippen LogP contribution in [0.3, 0.4) is 0 Å². The van der Waals surface area contributed by atoms with Crippen LogP contribution in [-0.4, -0.2) is 76.9 Å². The van der Waals surface area contributed by atoms with E-state index in [0.717, 1.165) is 38.9 Å². The number of alkyl halides is 1. The van der Waals surface area contributed by atoms with Crippen molar-refractivity contribution >= 4 is 27.5 Å². The van der Waals surface area contributed by atoms with E-state index in [-0.39, 0.29) is 36.4 Å². The second-order valence-corrected chi connectivity index (χ2v) is 13.5. The summed E-state index contributed by atoms with van der Waals surface area (Å²) in [6.45, 7) is 2.82. The molecule has 0 unspecified atom stereocenters. The van der Waals surface area contributed by atoms with Crippen LogP contribution in [0, 0.1) is 0 Å². The van der Waals surface area contributed by atoms with Crippen molar-refractivity contribution in [2.75, 3.05) is 26.2 Å². The van der Waals surface area contributed by atoms with Crippen LogP contribution >= 0.6 is 11.6 Å². The van der Waals surface area contributed by atoms with Crippen molar-refractivity contribution in [2.45, 2.75) is 68.2 Å². The molecule has 3 aromatic rings. The molecule has 0 saturated carbocycles. The molecule has 41 heavy (non-hydrogen) atoms. The van der Waals surface area contributed by atoms with Crippen LogP contribution in [0.1, 0.15) is 54.1 Å². The highest BCUT2D eigenvalue weighted by Crippen LogP contribution is 2.34. The zero-order valence-electron chi connectivity index (χ0n) is 22.8. The minimum atomic E-state index is -3.92. The number of halogens is 2. The number of benzene rings is 2. The first kappa shape index (κ1) is 28.3. The molecule has 1 N–H and O–H groups in total. The third kappa shape index (κ3) is 6.04. The van der Waals surface area contributed by atoms with Crippen molar-refractivity contribution < 1.29 is 17.6 Å². The van der Waals surface area contributed by atoms with Gasteiger partial charge in [0.15, 0.2) is 0 Å². The highest BCUT2D eigenvalue weighted by Gasteiger charge is 2.39. The fourth-order valence-corrected chi connectivity index (χ4v) is 7.92. The highest BCUT2D eigenvalue weighted by atomic mass is 35.5. The molecule has 12 heteroatoms. The topological polar surface area (TPSA) is 100 Å². The summed E-state index contributed by atoms with van der Waals surface area (Å²) in [5.74, 6) is -0.352. The van der Waals surface area contributed by atoms with E-state index < -0.39 is 22.2 Å². The number of likely N-dealkylation sites (tertiary alicyclic amines) is 1. The Morgan fingerprint density at radius 1 is 1.05 bits per heavy atom. The average molecular weight is 601 g/mol. The Balaban J connectivity index is 1.18. The third-order valence-electron chi connectivity index (χ3n) is 8.39. The first-order valence-electron chi connectivity index (χ1n) is 14.2. The summed E-state index contributed by atoms with van der Waals surface area (Å²) in [4.78, 5) is 15.3. The van der Waals surface area contributed by atoms with Crippen molar-refractivity contribution in [2.24, 2.45) is 0 Å². The van der Waals surface area contributed by atoms with Gasteiger partial charge in [-0.05, 0) is 73.1 Å². The molecule has 1 aliphatic carbocycles. The molecule has 2 atom stereocenters. The zero-order valence-corrected chi connectivity index (χ0v) is 24.3. The van der Waals surface area contributed by atoms with Gasteiger partial charge in [-0.2, -0.15) is 4.31 Å². The van der Waals surface area contributed by atoms with E-state index in [1.165, 1.54) is 45.3 Å². The Hall–Kier alpha value is -2.86. The zero-order chi connectivity index (χ0) is 28.6. The van der Waals surface area contributed by atoms with Crippen LogP contribution in [0.5, 0.6) is 0 Å². The number of hydrogen-bond acceptors (Lipinski definition) is 6. The van der Waals surface area contributed by atoms with Gasteiger partial charge >= 0.3 is 0 Å². The van der Waals surface area contributed by atoms with Gasteiger partial charge in [-0.1, -0.05) is 35.0 Å². The molecule has 6 rings (SSSR count). The Morgan fingerprint density at radius 2 is 1.83 bits per heavy atom. The first-order valence-corrected chi connectivity index (χ1v) is 16.0. The van der Waals surface area contributed by atoms with Crippen molar-refractivity contribution in [1.82, 2.24) is 29.5 Å². The summed E-state index contributed by atoms with van der Waals surface area (Å²) in [5, 5.41) is 12.0. The average Bonchev–Trinajstić information content (AvgIpc) is 3.43. The second kappa shape index (κ2) is 11.8. The molecule has 3 heterocycles. The smallest absolute Gasteiger partial charge is 0.243 e. The van der Waals surface area contributed by atoms with Gasteiger partial charge < -0.3 is 5.32 Å². The summed E-state index contributed by atoms with van der Waals surface area (Å²) in [6, 6.07) is 11.6. The van der Waals surface area contributed by atoms with Gasteiger partial charge in [-0.15, -0.1) is 5.10 Å². The Bertz CT molecular complexity index is 1510. The number of piperazine rings is 1. The minimum Gasteiger partial charge on any atom is -0.353 e. The quantitative estimate of drug-likeness (QED) is 0.445. The van der Waals surface area contributed by atoms with Crippen LogP contribution in [0.15, 0.2) is 53.6 Å². The molecule has 1 amide bonds. The summed E-state index contributed by atoms with van der Waals surface area (Å²) in [7, 11) is -3.92. The number of carbonyl (C=O) groups excluding carboxylic acids is 1. The Morgan fingerprint density at radius 3 is 2.61 bits per heavy atom. The maximum absolute atomic E-state index is 13.5. The fourth-order valence-electron chi connectivity index (χ4n) is 6.21. The minimum absolute atomic E-state index is 0.0189. The number of nitrogens with zero attached hydrogens (tertiary/aromatic N) is 5. The number of hydrogen-bond donors (Lipinski definition) is 1. The van der Waals surface area contributed by atoms with Gasteiger partial charge in [0.1, 0.15) is 12.2 Å². The standard InChI is InChI=1S/C29H34ClFN6O3S/c30-22-5-7-25(8-6-22)41(39,40)37-15-12-32-29(38)28(37)17-24-19-36(34-33-24)27-3-1-2-21-16-20(4-9-26(21)27)18-35-13-10-23(31)11-14-35/h4-9,16,19,23,27-28H,1-3,10-15,17-18H2,(H,32,38)/t27-,28+/m0/s1. The molecule has 0 bridgehead atoms. The lowest BCUT2D eigenvalue weighted by Crippen LogP contribution is -2.57. The van der Waals surface area contributed by atoms with Crippen molar-refractivity contribution in [3.8, 4) is 0 Å². The fraction of sp³-hybridized carbons (Fsp3) is 0.483. The van der Waals surface area contributed by atoms with Gasteiger partial charge in [0.2, 0.25) is 15.9 Å². The lowest BCUT2D eigenvalue weighted by atomic mass is 9.86. The number of fused-ring (bicyclic) bond motifs is 1. The van der Waals surface area contributed by atoms with E-state index >= 15 is 0 Å². The first-order chi connectivity index (χ1) is 19.8. The molecule has 218 valence electrons. The SMILES string of the molecule is O=C1NCCN(S(=O)(=O)c2ccc(Cl)cc2)[C@@H]1Cc1cn([C@H]2CCCc3cc(CN4CCC(F)CC4)ccc32)nn1. The number of nitrogens with one attached hydrogen (secondary N) is 1. The number of aromatic nitrogens is 3. The molecule has 9 nitrogen and oxygen atoms in total. The van der Waals surface area contributed by atoms with Crippen molar-refractivity contribution in [3.63, 3.8) is 0 Å². The normalized spacial score (nSPS) is 22.8.